The number of amides is 1. The summed E-state index contributed by atoms with van der Waals surface area (Å²) >= 11 is 1.31. The lowest BCUT2D eigenvalue weighted by atomic mass is 10.1. The molecular weight excluding hydrogens is 434 g/mol. The van der Waals surface area contributed by atoms with E-state index in [1.165, 1.54) is 17.3 Å². The maximum Gasteiger partial charge on any atom is 0.300 e. The van der Waals surface area contributed by atoms with Crippen LogP contribution in [0.25, 0.3) is 11.3 Å². The molecule has 33 heavy (non-hydrogen) atoms. The van der Waals surface area contributed by atoms with Crippen LogP contribution in [0.3, 0.4) is 0 Å². The lowest BCUT2D eigenvalue weighted by Crippen LogP contribution is -2.25. The minimum absolute atomic E-state index is 0.101. The van der Waals surface area contributed by atoms with Gasteiger partial charge >= 0.3 is 5.56 Å². The number of carbonyl (C=O) groups is 1. The first-order valence-corrected chi connectivity index (χ1v) is 11.7. The van der Waals surface area contributed by atoms with Gasteiger partial charge in [-0.3, -0.25) is 18.6 Å². The van der Waals surface area contributed by atoms with Crippen LogP contribution in [0.1, 0.15) is 35.6 Å². The zero-order valence-electron chi connectivity index (χ0n) is 19.4. The number of benzene rings is 2. The molecule has 0 saturated carbocycles. The van der Waals surface area contributed by atoms with Crippen molar-refractivity contribution in [2.24, 2.45) is 0 Å². The highest BCUT2D eigenvalue weighted by Crippen LogP contribution is 2.26. The Morgan fingerprint density at radius 1 is 1.00 bits per heavy atom. The van der Waals surface area contributed by atoms with Crippen LogP contribution in [0.5, 0.6) is 0 Å². The zero-order chi connectivity index (χ0) is 23.7. The van der Waals surface area contributed by atoms with E-state index in [1.807, 2.05) is 71.0 Å². The zero-order valence-corrected chi connectivity index (χ0v) is 20.2. The Morgan fingerprint density at radius 3 is 2.48 bits per heavy atom. The molecule has 1 atom stereocenters. The molecule has 0 saturated heterocycles. The van der Waals surface area contributed by atoms with Crippen LogP contribution < -0.4 is 10.9 Å². The van der Waals surface area contributed by atoms with Gasteiger partial charge in [0.05, 0.1) is 5.25 Å². The van der Waals surface area contributed by atoms with Crippen molar-refractivity contribution in [3.63, 3.8) is 0 Å². The monoisotopic (exact) mass is 461 g/mol. The number of thioether (sulfide) groups is 1. The second-order valence-electron chi connectivity index (χ2n) is 8.24. The summed E-state index contributed by atoms with van der Waals surface area (Å²) in [4.78, 5) is 26.1. The number of anilines is 1. The Hall–Kier alpha value is -3.39. The molecular formula is C25H27N5O2S. The summed E-state index contributed by atoms with van der Waals surface area (Å²) in [7, 11) is 0. The predicted molar refractivity (Wildman–Crippen MR) is 133 cm³/mol. The summed E-state index contributed by atoms with van der Waals surface area (Å²) in [6, 6.07) is 11.9. The number of nitrogens with zero attached hydrogens (tertiary/aromatic N) is 4. The van der Waals surface area contributed by atoms with Crippen molar-refractivity contribution in [2.75, 3.05) is 5.32 Å². The molecule has 2 aromatic carbocycles. The van der Waals surface area contributed by atoms with E-state index in [1.54, 1.807) is 21.4 Å². The average Bonchev–Trinajstić information content (AvgIpc) is 3.20. The maximum atomic E-state index is 13.1. The van der Waals surface area contributed by atoms with Gasteiger partial charge in [-0.1, -0.05) is 36.9 Å². The third-order valence-corrected chi connectivity index (χ3v) is 7.09. The molecule has 0 unspecified atom stereocenters. The molecule has 2 aromatic heterocycles. The SMILES string of the molecule is CC[C@@H](Sc1nnc2c(=O)n(-c3ccc(C)c(C)c3)ccn12)C(=O)Nc1cc(C)ccc1C. The van der Waals surface area contributed by atoms with E-state index in [4.69, 9.17) is 0 Å². The van der Waals surface area contributed by atoms with Crippen LogP contribution in [-0.2, 0) is 4.79 Å². The Balaban J connectivity index is 1.61. The van der Waals surface area contributed by atoms with Crippen molar-refractivity contribution >= 4 is 29.0 Å². The van der Waals surface area contributed by atoms with Crippen molar-refractivity contribution in [1.82, 2.24) is 19.2 Å². The second-order valence-corrected chi connectivity index (χ2v) is 9.41. The number of nitrogens with one attached hydrogen (secondary N) is 1. The molecule has 1 amide bonds. The number of carbonyl (C=O) groups excluding carboxylic acids is 1. The highest BCUT2D eigenvalue weighted by atomic mass is 32.2. The average molecular weight is 462 g/mol. The standard InChI is InChI=1S/C25H27N5O2S/c1-6-21(23(31)26-20-13-15(2)7-8-17(20)4)33-25-28-27-22-24(32)29(11-12-30(22)25)19-10-9-16(3)18(5)14-19/h7-14,21H,6H2,1-5H3,(H,26,31)/t21-/m1/s1. The summed E-state index contributed by atoms with van der Waals surface area (Å²) in [5.41, 5.74) is 5.92. The molecule has 7 nitrogen and oxygen atoms in total. The molecule has 1 N–H and O–H groups in total. The minimum atomic E-state index is -0.375. The van der Waals surface area contributed by atoms with Crippen molar-refractivity contribution in [2.45, 2.75) is 51.4 Å². The highest BCUT2D eigenvalue weighted by molar-refractivity contribution is 8.00. The van der Waals surface area contributed by atoms with Gasteiger partial charge in [-0.2, -0.15) is 0 Å². The van der Waals surface area contributed by atoms with Gasteiger partial charge in [-0.05, 0) is 74.6 Å². The molecule has 8 heteroatoms. The fourth-order valence-corrected chi connectivity index (χ4v) is 4.49. The fourth-order valence-electron chi connectivity index (χ4n) is 3.56. The number of aryl methyl sites for hydroxylation is 4. The van der Waals surface area contributed by atoms with Gasteiger partial charge in [0.1, 0.15) is 0 Å². The Labute approximate surface area is 196 Å². The Kier molecular flexibility index (Phi) is 6.37. The summed E-state index contributed by atoms with van der Waals surface area (Å²) in [5, 5.41) is 11.5. The first-order valence-electron chi connectivity index (χ1n) is 10.9. The van der Waals surface area contributed by atoms with Gasteiger partial charge in [0.2, 0.25) is 11.6 Å². The van der Waals surface area contributed by atoms with Gasteiger partial charge in [0.25, 0.3) is 0 Å². The number of fused-ring (bicyclic) bond motifs is 1. The van der Waals surface area contributed by atoms with Gasteiger partial charge in [-0.15, -0.1) is 10.2 Å². The summed E-state index contributed by atoms with van der Waals surface area (Å²) < 4.78 is 3.22. The van der Waals surface area contributed by atoms with Crippen molar-refractivity contribution in [3.8, 4) is 5.69 Å². The third-order valence-electron chi connectivity index (χ3n) is 5.77. The molecule has 4 aromatic rings. The predicted octanol–water partition coefficient (Wildman–Crippen LogP) is 4.62. The van der Waals surface area contributed by atoms with Gasteiger partial charge in [0.15, 0.2) is 5.16 Å². The molecule has 0 aliphatic carbocycles. The minimum Gasteiger partial charge on any atom is -0.325 e. The van der Waals surface area contributed by atoms with E-state index < -0.39 is 0 Å². The molecule has 0 spiro atoms. The topological polar surface area (TPSA) is 81.3 Å². The first kappa shape index (κ1) is 22.8. The van der Waals surface area contributed by atoms with Gasteiger partial charge < -0.3 is 5.32 Å². The normalized spacial score (nSPS) is 12.2. The van der Waals surface area contributed by atoms with E-state index in [0.717, 1.165) is 28.1 Å². The van der Waals surface area contributed by atoms with Crippen LogP contribution in [0.4, 0.5) is 5.69 Å². The van der Waals surface area contributed by atoms with Crippen molar-refractivity contribution in [1.29, 1.82) is 0 Å². The first-order chi connectivity index (χ1) is 15.8. The largest absolute Gasteiger partial charge is 0.325 e. The van der Waals surface area contributed by atoms with E-state index in [9.17, 15) is 9.59 Å². The lowest BCUT2D eigenvalue weighted by Gasteiger charge is -2.15. The quantitative estimate of drug-likeness (QED) is 0.424. The Morgan fingerprint density at radius 2 is 1.76 bits per heavy atom. The molecule has 170 valence electrons. The number of hydrogen-bond donors (Lipinski definition) is 1. The number of rotatable bonds is 6. The van der Waals surface area contributed by atoms with Gasteiger partial charge in [-0.25, -0.2) is 0 Å². The summed E-state index contributed by atoms with van der Waals surface area (Å²) in [6.07, 6.45) is 4.09. The smallest absolute Gasteiger partial charge is 0.300 e. The van der Waals surface area contributed by atoms with Crippen LogP contribution >= 0.6 is 11.8 Å². The van der Waals surface area contributed by atoms with E-state index in [-0.39, 0.29) is 22.4 Å². The number of hydrogen-bond acceptors (Lipinski definition) is 5. The highest BCUT2D eigenvalue weighted by Gasteiger charge is 2.22. The fraction of sp³-hybridized carbons (Fsp3) is 0.280. The molecule has 0 bridgehead atoms. The van der Waals surface area contributed by atoms with Gasteiger partial charge in [0, 0.05) is 23.8 Å². The molecule has 4 rings (SSSR count). The summed E-state index contributed by atoms with van der Waals surface area (Å²) in [6.45, 7) is 9.97. The molecule has 2 heterocycles. The summed E-state index contributed by atoms with van der Waals surface area (Å²) in [5.74, 6) is -0.101. The van der Waals surface area contributed by atoms with Crippen LogP contribution in [-0.4, -0.2) is 30.3 Å². The molecule has 0 aliphatic rings. The number of aromatic nitrogens is 4. The van der Waals surface area contributed by atoms with Crippen molar-refractivity contribution in [3.05, 3.63) is 81.4 Å². The molecule has 0 radical (unpaired) electrons. The third kappa shape index (κ3) is 4.57. The van der Waals surface area contributed by atoms with E-state index in [0.29, 0.717) is 11.6 Å². The molecule has 0 aliphatic heterocycles. The van der Waals surface area contributed by atoms with E-state index in [2.05, 4.69) is 15.5 Å². The molecule has 0 fully saturated rings. The maximum absolute atomic E-state index is 13.1. The Bertz CT molecular complexity index is 1410. The van der Waals surface area contributed by atoms with Crippen LogP contribution in [0, 0.1) is 27.7 Å². The second kappa shape index (κ2) is 9.23. The van der Waals surface area contributed by atoms with Crippen molar-refractivity contribution < 1.29 is 4.79 Å². The van der Waals surface area contributed by atoms with Crippen LogP contribution in [0.2, 0.25) is 0 Å². The van der Waals surface area contributed by atoms with E-state index >= 15 is 0 Å². The lowest BCUT2D eigenvalue weighted by molar-refractivity contribution is -0.115. The van der Waals surface area contributed by atoms with Crippen LogP contribution in [0.15, 0.2) is 58.7 Å².